The molecule has 0 bridgehead atoms. The van der Waals surface area contributed by atoms with Crippen LogP contribution in [0.15, 0.2) is 48.8 Å². The van der Waals surface area contributed by atoms with Crippen LogP contribution in [-0.4, -0.2) is 54.2 Å². The van der Waals surface area contributed by atoms with Gasteiger partial charge >= 0.3 is 0 Å². The van der Waals surface area contributed by atoms with Crippen molar-refractivity contribution in [2.45, 2.75) is 56.8 Å². The van der Waals surface area contributed by atoms with Gasteiger partial charge in [0.2, 0.25) is 5.95 Å². The number of benzene rings is 1. The van der Waals surface area contributed by atoms with E-state index in [1.807, 2.05) is 25.3 Å². The Morgan fingerprint density at radius 1 is 0.970 bits per heavy atom. The summed E-state index contributed by atoms with van der Waals surface area (Å²) in [5.41, 5.74) is 4.06. The fourth-order valence-electron chi connectivity index (χ4n) is 5.92. The SMILES string of the molecule is Cc1cc(Nc2nc(N[C@@H]3C[C@H]4CC5C[C@@H](C3)N54)nc3cc(-c4cccnc4)ccc23)n[nH]1. The first-order valence-corrected chi connectivity index (χ1v) is 11.7. The van der Waals surface area contributed by atoms with E-state index < -0.39 is 0 Å². The standard InChI is InChI=1S/C25H26N8/c1-14-7-23(32-31-14)29-24-21-5-4-15(16-3-2-6-26-13-16)8-22(21)28-25(30-24)27-17-9-18-11-20-12-19(10-17)33(18)20/h2-8,13,17-20H,9-12H2,1H3,(H3,27,28,29,30,31,32)/t17-,18+,19-,20?. The molecule has 0 saturated carbocycles. The van der Waals surface area contributed by atoms with Crippen molar-refractivity contribution >= 4 is 28.5 Å². The number of aromatic amines is 1. The lowest BCUT2D eigenvalue weighted by Gasteiger charge is -2.66. The molecule has 0 aliphatic carbocycles. The van der Waals surface area contributed by atoms with Crippen molar-refractivity contribution in [2.24, 2.45) is 0 Å². The van der Waals surface area contributed by atoms with Crippen molar-refractivity contribution in [2.75, 3.05) is 10.6 Å². The number of aromatic nitrogens is 5. The zero-order valence-electron chi connectivity index (χ0n) is 18.5. The lowest BCUT2D eigenvalue weighted by atomic mass is 9.68. The quantitative estimate of drug-likeness (QED) is 0.429. The molecule has 166 valence electrons. The van der Waals surface area contributed by atoms with E-state index in [1.165, 1.54) is 25.7 Å². The highest BCUT2D eigenvalue weighted by Gasteiger charge is 2.54. The summed E-state index contributed by atoms with van der Waals surface area (Å²) in [5.74, 6) is 2.18. The van der Waals surface area contributed by atoms with Crippen LogP contribution in [0.1, 0.15) is 31.4 Å². The first kappa shape index (κ1) is 19.0. The number of nitrogens with one attached hydrogen (secondary N) is 3. The van der Waals surface area contributed by atoms with Gasteiger partial charge in [0.05, 0.1) is 5.52 Å². The molecule has 4 aromatic rings. The molecule has 0 radical (unpaired) electrons. The molecule has 6 heterocycles. The van der Waals surface area contributed by atoms with Crippen molar-refractivity contribution in [3.8, 4) is 11.1 Å². The fourth-order valence-corrected chi connectivity index (χ4v) is 5.92. The summed E-state index contributed by atoms with van der Waals surface area (Å²) in [6.07, 6.45) is 8.72. The molecule has 0 spiro atoms. The average Bonchev–Trinajstić information content (AvgIpc) is 3.20. The van der Waals surface area contributed by atoms with Crippen molar-refractivity contribution in [1.29, 1.82) is 0 Å². The fraction of sp³-hybridized carbons (Fsp3) is 0.360. The Bertz CT molecular complexity index is 1320. The summed E-state index contributed by atoms with van der Waals surface area (Å²) in [4.78, 5) is 16.8. The Hall–Kier alpha value is -3.52. The number of aryl methyl sites for hydroxylation is 1. The Labute approximate surface area is 191 Å². The summed E-state index contributed by atoms with van der Waals surface area (Å²) >= 11 is 0. The van der Waals surface area contributed by atoms with E-state index in [0.717, 1.165) is 57.5 Å². The van der Waals surface area contributed by atoms with Crippen LogP contribution in [0.4, 0.5) is 17.6 Å². The van der Waals surface area contributed by atoms with Crippen LogP contribution in [0.5, 0.6) is 0 Å². The van der Waals surface area contributed by atoms with Gasteiger partial charge in [0, 0.05) is 59.3 Å². The molecular weight excluding hydrogens is 412 g/mol. The molecular formula is C25H26N8. The number of rotatable bonds is 5. The van der Waals surface area contributed by atoms with Crippen LogP contribution in [0.2, 0.25) is 0 Å². The third-order valence-corrected chi connectivity index (χ3v) is 7.44. The number of hydrogen-bond acceptors (Lipinski definition) is 7. The molecule has 3 aliphatic rings. The van der Waals surface area contributed by atoms with Gasteiger partial charge in [-0.25, -0.2) is 4.98 Å². The molecule has 3 aliphatic heterocycles. The summed E-state index contributed by atoms with van der Waals surface area (Å²) in [7, 11) is 0. The van der Waals surface area contributed by atoms with Crippen molar-refractivity contribution in [3.63, 3.8) is 0 Å². The highest BCUT2D eigenvalue weighted by Crippen LogP contribution is 2.49. The van der Waals surface area contributed by atoms with Gasteiger partial charge < -0.3 is 10.6 Å². The molecule has 7 rings (SSSR count). The highest BCUT2D eigenvalue weighted by molar-refractivity contribution is 5.94. The van der Waals surface area contributed by atoms with Gasteiger partial charge in [0.15, 0.2) is 5.82 Å². The maximum absolute atomic E-state index is 4.94. The second-order valence-corrected chi connectivity index (χ2v) is 9.62. The number of anilines is 3. The summed E-state index contributed by atoms with van der Waals surface area (Å²) in [6, 6.07) is 15.0. The minimum Gasteiger partial charge on any atom is -0.351 e. The lowest BCUT2D eigenvalue weighted by Crippen LogP contribution is -2.73. The van der Waals surface area contributed by atoms with E-state index in [2.05, 4.69) is 55.0 Å². The molecule has 0 amide bonds. The van der Waals surface area contributed by atoms with Gasteiger partial charge in [-0.1, -0.05) is 12.1 Å². The van der Waals surface area contributed by atoms with E-state index in [4.69, 9.17) is 9.97 Å². The van der Waals surface area contributed by atoms with Crippen LogP contribution in [-0.2, 0) is 0 Å². The zero-order chi connectivity index (χ0) is 21.9. The molecule has 3 aromatic heterocycles. The number of H-pyrrole nitrogens is 1. The Morgan fingerprint density at radius 3 is 2.55 bits per heavy atom. The summed E-state index contributed by atoms with van der Waals surface area (Å²) in [5, 5.41) is 15.4. The van der Waals surface area contributed by atoms with E-state index >= 15 is 0 Å². The van der Waals surface area contributed by atoms with Gasteiger partial charge in [0.1, 0.15) is 5.82 Å². The largest absolute Gasteiger partial charge is 0.351 e. The van der Waals surface area contributed by atoms with Crippen LogP contribution in [0.25, 0.3) is 22.0 Å². The van der Waals surface area contributed by atoms with E-state index in [-0.39, 0.29) is 0 Å². The molecule has 8 nitrogen and oxygen atoms in total. The monoisotopic (exact) mass is 438 g/mol. The Kier molecular flexibility index (Phi) is 4.17. The zero-order valence-corrected chi connectivity index (χ0v) is 18.5. The molecule has 3 N–H and O–H groups in total. The number of fused-ring (bicyclic) bond motifs is 1. The first-order chi connectivity index (χ1) is 16.2. The topological polar surface area (TPSA) is 94.7 Å². The lowest BCUT2D eigenvalue weighted by molar-refractivity contribution is -0.146. The summed E-state index contributed by atoms with van der Waals surface area (Å²) in [6.45, 7) is 1.99. The van der Waals surface area contributed by atoms with Crippen molar-refractivity contribution in [3.05, 3.63) is 54.5 Å². The van der Waals surface area contributed by atoms with Crippen molar-refractivity contribution < 1.29 is 0 Å². The van der Waals surface area contributed by atoms with Crippen LogP contribution >= 0.6 is 0 Å². The van der Waals surface area contributed by atoms with Gasteiger partial charge in [0.25, 0.3) is 0 Å². The Morgan fingerprint density at radius 2 is 1.82 bits per heavy atom. The van der Waals surface area contributed by atoms with Crippen molar-refractivity contribution in [1.82, 2.24) is 30.0 Å². The molecule has 3 saturated heterocycles. The molecule has 8 heteroatoms. The van der Waals surface area contributed by atoms with Crippen LogP contribution in [0.3, 0.4) is 0 Å². The third-order valence-electron chi connectivity index (χ3n) is 7.44. The summed E-state index contributed by atoms with van der Waals surface area (Å²) < 4.78 is 0. The maximum atomic E-state index is 4.94. The maximum Gasteiger partial charge on any atom is 0.225 e. The van der Waals surface area contributed by atoms with Gasteiger partial charge in [-0.3, -0.25) is 15.0 Å². The van der Waals surface area contributed by atoms with Crippen LogP contribution in [0, 0.1) is 6.92 Å². The predicted molar refractivity (Wildman–Crippen MR) is 128 cm³/mol. The number of pyridine rings is 1. The molecule has 1 unspecified atom stereocenters. The average molecular weight is 439 g/mol. The first-order valence-electron chi connectivity index (χ1n) is 11.7. The normalized spacial score (nSPS) is 25.7. The number of hydrogen-bond donors (Lipinski definition) is 3. The molecule has 33 heavy (non-hydrogen) atoms. The second-order valence-electron chi connectivity index (χ2n) is 9.62. The van der Waals surface area contributed by atoms with E-state index in [1.54, 1.807) is 6.20 Å². The minimum atomic E-state index is 0.414. The number of nitrogens with zero attached hydrogens (tertiary/aromatic N) is 5. The second kappa shape index (κ2) is 7.25. The van der Waals surface area contributed by atoms with E-state index in [9.17, 15) is 0 Å². The van der Waals surface area contributed by atoms with Gasteiger partial charge in [-0.15, -0.1) is 0 Å². The smallest absolute Gasteiger partial charge is 0.225 e. The van der Waals surface area contributed by atoms with Gasteiger partial charge in [-0.2, -0.15) is 10.1 Å². The molecule has 1 aromatic carbocycles. The van der Waals surface area contributed by atoms with Crippen LogP contribution < -0.4 is 10.6 Å². The predicted octanol–water partition coefficient (Wildman–Crippen LogP) is 4.26. The molecule has 4 atom stereocenters. The number of piperidine rings is 2. The third kappa shape index (κ3) is 3.24. The van der Waals surface area contributed by atoms with Gasteiger partial charge in [-0.05, 0) is 56.4 Å². The minimum absolute atomic E-state index is 0.414. The van der Waals surface area contributed by atoms with E-state index in [0.29, 0.717) is 12.0 Å². The highest BCUT2D eigenvalue weighted by atomic mass is 15.3. The molecule has 3 fully saturated rings. The Balaban J connectivity index is 1.25.